The zero-order chi connectivity index (χ0) is 19.5. The van der Waals surface area contributed by atoms with Crippen molar-refractivity contribution in [2.75, 3.05) is 26.9 Å². The predicted molar refractivity (Wildman–Crippen MR) is 102 cm³/mol. The fourth-order valence-electron chi connectivity index (χ4n) is 2.48. The van der Waals surface area contributed by atoms with Crippen LogP contribution in [0.3, 0.4) is 0 Å². The molecule has 0 radical (unpaired) electrons. The average molecular weight is 366 g/mol. The van der Waals surface area contributed by atoms with Crippen LogP contribution in [0.1, 0.15) is 11.1 Å². The van der Waals surface area contributed by atoms with Gasteiger partial charge in [-0.15, -0.1) is 0 Å². The van der Waals surface area contributed by atoms with E-state index < -0.39 is 0 Å². The number of aliphatic hydroxyl groups excluding tert-OH is 1. The van der Waals surface area contributed by atoms with Gasteiger partial charge in [-0.1, -0.05) is 36.4 Å². The van der Waals surface area contributed by atoms with Gasteiger partial charge >= 0.3 is 0 Å². The molecule has 0 aliphatic heterocycles. The molecule has 2 rings (SSSR count). The summed E-state index contributed by atoms with van der Waals surface area (Å²) >= 11 is 0. The van der Waals surface area contributed by atoms with Crippen molar-refractivity contribution in [3.05, 3.63) is 65.7 Å². The normalized spacial score (nSPS) is 10.4. The number of nitriles is 1. The molecule has 0 heterocycles. The first-order valence-corrected chi connectivity index (χ1v) is 8.47. The summed E-state index contributed by atoms with van der Waals surface area (Å²) in [4.78, 5) is 14.1. The van der Waals surface area contributed by atoms with Crippen LogP contribution in [-0.2, 0) is 11.3 Å². The molecule has 0 saturated carbocycles. The Morgan fingerprint density at radius 2 is 2.00 bits per heavy atom. The fraction of sp³-hybridized carbons (Fsp3) is 0.238. The number of carbonyl (C=O) groups is 1. The zero-order valence-electron chi connectivity index (χ0n) is 15.2. The van der Waals surface area contributed by atoms with Gasteiger partial charge in [0.15, 0.2) is 18.1 Å². The second-order valence-corrected chi connectivity index (χ2v) is 5.66. The van der Waals surface area contributed by atoms with Gasteiger partial charge in [0.25, 0.3) is 0 Å². The Bertz CT molecular complexity index is 813. The summed E-state index contributed by atoms with van der Waals surface area (Å²) < 4.78 is 10.5. The number of rotatable bonds is 9. The Hall–Kier alpha value is -3.30. The van der Waals surface area contributed by atoms with Crippen LogP contribution in [0.5, 0.6) is 11.5 Å². The van der Waals surface area contributed by atoms with Crippen molar-refractivity contribution in [2.45, 2.75) is 6.54 Å². The van der Waals surface area contributed by atoms with Gasteiger partial charge in [-0.3, -0.25) is 4.79 Å². The van der Waals surface area contributed by atoms with Crippen LogP contribution >= 0.6 is 0 Å². The molecule has 0 spiro atoms. The minimum atomic E-state index is -0.198. The Balaban J connectivity index is 2.09. The fourth-order valence-corrected chi connectivity index (χ4v) is 2.48. The predicted octanol–water partition coefficient (Wildman–Crippen LogP) is 2.63. The zero-order valence-corrected chi connectivity index (χ0v) is 15.2. The summed E-state index contributed by atoms with van der Waals surface area (Å²) in [5, 5.41) is 17.9. The van der Waals surface area contributed by atoms with Crippen LogP contribution in [-0.4, -0.2) is 42.8 Å². The van der Waals surface area contributed by atoms with Crippen LogP contribution in [0, 0.1) is 11.3 Å². The molecule has 140 valence electrons. The maximum absolute atomic E-state index is 12.5. The molecule has 0 atom stereocenters. The van der Waals surface area contributed by atoms with Crippen LogP contribution in [0.2, 0.25) is 0 Å². The second-order valence-electron chi connectivity index (χ2n) is 5.66. The molecule has 2 aromatic carbocycles. The molecule has 1 amide bonds. The first kappa shape index (κ1) is 20.0. The minimum absolute atomic E-state index is 0.0698. The third kappa shape index (κ3) is 6.17. The summed E-state index contributed by atoms with van der Waals surface area (Å²) in [5.74, 6) is 0.751. The van der Waals surface area contributed by atoms with Gasteiger partial charge in [-0.25, -0.2) is 0 Å². The van der Waals surface area contributed by atoms with Gasteiger partial charge in [0.2, 0.25) is 5.91 Å². The van der Waals surface area contributed by atoms with Gasteiger partial charge < -0.3 is 19.5 Å². The highest BCUT2D eigenvalue weighted by Crippen LogP contribution is 2.28. The van der Waals surface area contributed by atoms with E-state index in [0.717, 1.165) is 11.1 Å². The summed E-state index contributed by atoms with van der Waals surface area (Å²) in [6.45, 7) is 0.502. The number of carbonyl (C=O) groups excluding carboxylic acids is 1. The van der Waals surface area contributed by atoms with E-state index in [0.29, 0.717) is 18.0 Å². The van der Waals surface area contributed by atoms with Crippen molar-refractivity contribution in [1.82, 2.24) is 4.90 Å². The molecule has 2 aromatic rings. The molecule has 27 heavy (non-hydrogen) atoms. The van der Waals surface area contributed by atoms with E-state index in [1.54, 1.807) is 29.2 Å². The van der Waals surface area contributed by atoms with Crippen molar-refractivity contribution in [2.24, 2.45) is 0 Å². The summed E-state index contributed by atoms with van der Waals surface area (Å²) in [6, 6.07) is 16.7. The van der Waals surface area contributed by atoms with E-state index in [4.69, 9.17) is 14.7 Å². The van der Waals surface area contributed by atoms with Crippen molar-refractivity contribution in [1.29, 1.82) is 5.26 Å². The first-order valence-electron chi connectivity index (χ1n) is 8.47. The van der Waals surface area contributed by atoms with Crippen molar-refractivity contribution >= 4 is 12.0 Å². The summed E-state index contributed by atoms with van der Waals surface area (Å²) in [6.07, 6.45) is 3.14. The number of aliphatic hydroxyl groups is 1. The average Bonchev–Trinajstić information content (AvgIpc) is 2.71. The maximum Gasteiger partial charge on any atom is 0.246 e. The van der Waals surface area contributed by atoms with Crippen LogP contribution in [0.4, 0.5) is 0 Å². The number of hydrogen-bond donors (Lipinski definition) is 1. The highest BCUT2D eigenvalue weighted by Gasteiger charge is 2.11. The molecule has 6 heteroatoms. The van der Waals surface area contributed by atoms with Gasteiger partial charge in [-0.05, 0) is 29.3 Å². The third-order valence-corrected chi connectivity index (χ3v) is 3.80. The molecule has 0 saturated heterocycles. The van der Waals surface area contributed by atoms with Gasteiger partial charge in [0.05, 0.1) is 13.7 Å². The molecule has 6 nitrogen and oxygen atoms in total. The van der Waals surface area contributed by atoms with Gasteiger partial charge in [0.1, 0.15) is 6.07 Å². The largest absolute Gasteiger partial charge is 0.493 e. The molecule has 0 aromatic heterocycles. The molecule has 0 unspecified atom stereocenters. The molecular formula is C21H22N2O4. The number of hydrogen-bond acceptors (Lipinski definition) is 5. The van der Waals surface area contributed by atoms with Crippen molar-refractivity contribution < 1.29 is 19.4 Å². The summed E-state index contributed by atoms with van der Waals surface area (Å²) in [5.41, 5.74) is 1.75. The Kier molecular flexibility index (Phi) is 7.89. The van der Waals surface area contributed by atoms with Gasteiger partial charge in [0, 0.05) is 19.2 Å². The molecule has 0 fully saturated rings. The van der Waals surface area contributed by atoms with Crippen LogP contribution < -0.4 is 9.47 Å². The van der Waals surface area contributed by atoms with Crippen LogP contribution in [0.25, 0.3) is 6.08 Å². The summed E-state index contributed by atoms with van der Waals surface area (Å²) in [7, 11) is 1.51. The van der Waals surface area contributed by atoms with E-state index >= 15 is 0 Å². The number of methoxy groups -OCH3 is 1. The lowest BCUT2D eigenvalue weighted by Gasteiger charge is -2.20. The molecular weight excluding hydrogens is 344 g/mol. The first-order chi connectivity index (χ1) is 13.2. The van der Waals surface area contributed by atoms with E-state index in [9.17, 15) is 9.90 Å². The standard InChI is InChI=1S/C21H22N2O4/c1-26-20-15-17(7-9-19(20)27-14-11-22)8-10-21(25)23(12-13-24)16-18-5-3-2-4-6-18/h2-10,15,24H,12-14,16H2,1H3/b10-8+. The maximum atomic E-state index is 12.5. The minimum Gasteiger partial charge on any atom is -0.493 e. The number of amides is 1. The molecule has 0 aliphatic rings. The van der Waals surface area contributed by atoms with Crippen LogP contribution in [0.15, 0.2) is 54.6 Å². The Morgan fingerprint density at radius 1 is 1.22 bits per heavy atom. The highest BCUT2D eigenvalue weighted by molar-refractivity contribution is 5.91. The lowest BCUT2D eigenvalue weighted by atomic mass is 10.1. The Morgan fingerprint density at radius 3 is 2.67 bits per heavy atom. The number of benzene rings is 2. The lowest BCUT2D eigenvalue weighted by molar-refractivity contribution is -0.127. The Labute approximate surface area is 158 Å². The number of ether oxygens (including phenoxy) is 2. The lowest BCUT2D eigenvalue weighted by Crippen LogP contribution is -2.31. The van der Waals surface area contributed by atoms with E-state index in [-0.39, 0.29) is 25.7 Å². The van der Waals surface area contributed by atoms with E-state index in [1.807, 2.05) is 36.4 Å². The van der Waals surface area contributed by atoms with E-state index in [2.05, 4.69) is 0 Å². The second kappa shape index (κ2) is 10.6. The molecule has 0 bridgehead atoms. The molecule has 0 aliphatic carbocycles. The molecule has 1 N–H and O–H groups in total. The topological polar surface area (TPSA) is 82.8 Å². The monoisotopic (exact) mass is 366 g/mol. The smallest absolute Gasteiger partial charge is 0.246 e. The number of nitrogens with zero attached hydrogens (tertiary/aromatic N) is 2. The van der Waals surface area contributed by atoms with E-state index in [1.165, 1.54) is 13.2 Å². The highest BCUT2D eigenvalue weighted by atomic mass is 16.5. The van der Waals surface area contributed by atoms with Gasteiger partial charge in [-0.2, -0.15) is 5.26 Å². The quantitative estimate of drug-likeness (QED) is 0.690. The van der Waals surface area contributed by atoms with Crippen molar-refractivity contribution in [3.63, 3.8) is 0 Å². The van der Waals surface area contributed by atoms with Crippen molar-refractivity contribution in [3.8, 4) is 17.6 Å². The SMILES string of the molecule is COc1cc(/C=C/C(=O)N(CCO)Cc2ccccc2)ccc1OCC#N. The third-order valence-electron chi connectivity index (χ3n) is 3.80.